The second-order valence-electron chi connectivity index (χ2n) is 8.44. The highest BCUT2D eigenvalue weighted by Crippen LogP contribution is 2.39. The van der Waals surface area contributed by atoms with E-state index in [0.717, 1.165) is 36.3 Å². The minimum Gasteiger partial charge on any atom is -0.490 e. The number of hydrogen-bond acceptors (Lipinski definition) is 5. The van der Waals surface area contributed by atoms with E-state index in [1.807, 2.05) is 43.3 Å². The summed E-state index contributed by atoms with van der Waals surface area (Å²) >= 11 is 1.76. The van der Waals surface area contributed by atoms with Crippen molar-refractivity contribution < 1.29 is 19.4 Å². The second kappa shape index (κ2) is 10.9. The largest absolute Gasteiger partial charge is 0.490 e. The summed E-state index contributed by atoms with van der Waals surface area (Å²) in [5, 5.41) is 9.63. The van der Waals surface area contributed by atoms with Crippen molar-refractivity contribution in [3.05, 3.63) is 81.5 Å². The number of thiophene rings is 1. The summed E-state index contributed by atoms with van der Waals surface area (Å²) in [6, 6.07) is 20.5. The Bertz CT molecular complexity index is 1060. The second-order valence-corrected chi connectivity index (χ2v) is 9.76. The van der Waals surface area contributed by atoms with Crippen molar-refractivity contribution in [3.8, 4) is 11.5 Å². The molecule has 1 aliphatic heterocycles. The van der Waals surface area contributed by atoms with Gasteiger partial charge in [-0.05, 0) is 68.6 Å². The van der Waals surface area contributed by atoms with Crippen LogP contribution < -0.4 is 9.47 Å². The van der Waals surface area contributed by atoms with Crippen molar-refractivity contribution in [1.82, 2.24) is 4.90 Å². The number of carboxylic acid groups (broad SMARTS) is 1. The third-order valence-electron chi connectivity index (χ3n) is 6.02. The molecule has 1 fully saturated rings. The summed E-state index contributed by atoms with van der Waals surface area (Å²) in [7, 11) is 0. The number of hydrogen-bond donors (Lipinski definition) is 1. The molecule has 0 saturated carbocycles. The highest BCUT2D eigenvalue weighted by molar-refractivity contribution is 7.12. The van der Waals surface area contributed by atoms with Crippen LogP contribution in [-0.2, 0) is 11.4 Å². The number of piperidine rings is 1. The molecular formula is C27H31NO4S. The molecular weight excluding hydrogens is 434 g/mol. The van der Waals surface area contributed by atoms with Gasteiger partial charge in [-0.2, -0.15) is 0 Å². The topological polar surface area (TPSA) is 59.0 Å². The van der Waals surface area contributed by atoms with Crippen LogP contribution in [0.2, 0.25) is 0 Å². The van der Waals surface area contributed by atoms with E-state index in [1.165, 1.54) is 9.75 Å². The molecule has 1 N–H and O–H groups in total. The van der Waals surface area contributed by atoms with Gasteiger partial charge in [0, 0.05) is 16.3 Å². The Morgan fingerprint density at radius 2 is 1.94 bits per heavy atom. The van der Waals surface area contributed by atoms with Gasteiger partial charge in [0.2, 0.25) is 0 Å². The van der Waals surface area contributed by atoms with Crippen LogP contribution in [0.3, 0.4) is 0 Å². The predicted molar refractivity (Wildman–Crippen MR) is 131 cm³/mol. The van der Waals surface area contributed by atoms with Crippen LogP contribution in [0.15, 0.2) is 60.7 Å². The molecule has 2 unspecified atom stereocenters. The number of carboxylic acids is 1. The number of likely N-dealkylation sites (tertiary alicyclic amines) is 1. The molecule has 33 heavy (non-hydrogen) atoms. The number of aryl methyl sites for hydroxylation is 1. The van der Waals surface area contributed by atoms with E-state index >= 15 is 0 Å². The van der Waals surface area contributed by atoms with E-state index in [-0.39, 0.29) is 12.0 Å². The standard InChI is InChI=1S/C27H31NO4S/c1-3-31-24-16-21(12-13-23(24)32-18-20-8-5-4-6-9-20)26(25-14-11-19(2)33-25)28-15-7-10-22(17-28)27(29)30/h4-6,8-9,11-14,16,22,26H,3,7,10,15,17-18H2,1-2H3,(H,29,30). The van der Waals surface area contributed by atoms with Crippen LogP contribution >= 0.6 is 11.3 Å². The molecule has 3 aromatic rings. The fourth-order valence-corrected chi connectivity index (χ4v) is 5.46. The lowest BCUT2D eigenvalue weighted by Gasteiger charge is -2.37. The van der Waals surface area contributed by atoms with Gasteiger partial charge in [-0.15, -0.1) is 11.3 Å². The molecule has 0 aliphatic carbocycles. The summed E-state index contributed by atoms with van der Waals surface area (Å²) in [6.45, 7) is 6.51. The molecule has 2 heterocycles. The first-order chi connectivity index (χ1) is 16.0. The Balaban J connectivity index is 1.64. The number of nitrogens with zero attached hydrogens (tertiary/aromatic N) is 1. The Morgan fingerprint density at radius 3 is 2.64 bits per heavy atom. The number of benzene rings is 2. The Labute approximate surface area is 199 Å². The lowest BCUT2D eigenvalue weighted by molar-refractivity contribution is -0.143. The third kappa shape index (κ3) is 5.75. The van der Waals surface area contributed by atoms with Crippen LogP contribution in [0.5, 0.6) is 11.5 Å². The average molecular weight is 466 g/mol. The van der Waals surface area contributed by atoms with Crippen LogP contribution in [0, 0.1) is 12.8 Å². The number of rotatable bonds is 9. The third-order valence-corrected chi connectivity index (χ3v) is 7.07. The van der Waals surface area contributed by atoms with Crippen molar-refractivity contribution in [3.63, 3.8) is 0 Å². The minimum absolute atomic E-state index is 0.00627. The molecule has 0 bridgehead atoms. The van der Waals surface area contributed by atoms with Gasteiger partial charge in [-0.1, -0.05) is 36.4 Å². The maximum atomic E-state index is 11.7. The SMILES string of the molecule is CCOc1cc(C(c2ccc(C)s2)N2CCCC(C(=O)O)C2)ccc1OCc1ccccc1. The van der Waals surface area contributed by atoms with Crippen molar-refractivity contribution in [2.75, 3.05) is 19.7 Å². The van der Waals surface area contributed by atoms with Gasteiger partial charge in [0.25, 0.3) is 0 Å². The van der Waals surface area contributed by atoms with E-state index in [9.17, 15) is 9.90 Å². The molecule has 174 valence electrons. The Morgan fingerprint density at radius 1 is 1.12 bits per heavy atom. The van der Waals surface area contributed by atoms with E-state index in [2.05, 4.69) is 36.1 Å². The highest BCUT2D eigenvalue weighted by atomic mass is 32.1. The van der Waals surface area contributed by atoms with E-state index in [0.29, 0.717) is 25.5 Å². The molecule has 0 spiro atoms. The van der Waals surface area contributed by atoms with Crippen molar-refractivity contribution in [2.45, 2.75) is 39.3 Å². The minimum atomic E-state index is -0.708. The lowest BCUT2D eigenvalue weighted by atomic mass is 9.94. The lowest BCUT2D eigenvalue weighted by Crippen LogP contribution is -2.41. The normalized spacial score (nSPS) is 17.5. The van der Waals surface area contributed by atoms with Gasteiger partial charge >= 0.3 is 5.97 Å². The smallest absolute Gasteiger partial charge is 0.307 e. The maximum Gasteiger partial charge on any atom is 0.307 e. The fraction of sp³-hybridized carbons (Fsp3) is 0.370. The van der Waals surface area contributed by atoms with Gasteiger partial charge < -0.3 is 14.6 Å². The summed E-state index contributed by atoms with van der Waals surface area (Å²) in [4.78, 5) is 16.5. The van der Waals surface area contributed by atoms with Gasteiger partial charge in [-0.25, -0.2) is 0 Å². The number of carbonyl (C=O) groups is 1. The summed E-state index contributed by atoms with van der Waals surface area (Å²) in [5.74, 6) is 0.395. The van der Waals surface area contributed by atoms with Crippen LogP contribution in [0.1, 0.15) is 46.7 Å². The Hall–Kier alpha value is -2.83. The zero-order valence-corrected chi connectivity index (χ0v) is 20.0. The zero-order valence-electron chi connectivity index (χ0n) is 19.2. The summed E-state index contributed by atoms with van der Waals surface area (Å²) < 4.78 is 12.1. The molecule has 0 amide bonds. The molecule has 6 heteroatoms. The number of ether oxygens (including phenoxy) is 2. The molecule has 1 aromatic heterocycles. The summed E-state index contributed by atoms with van der Waals surface area (Å²) in [5.41, 5.74) is 2.20. The van der Waals surface area contributed by atoms with Gasteiger partial charge in [0.15, 0.2) is 11.5 Å². The quantitative estimate of drug-likeness (QED) is 0.425. The number of aliphatic carboxylic acids is 1. The van der Waals surface area contributed by atoms with Crippen molar-refractivity contribution in [1.29, 1.82) is 0 Å². The average Bonchev–Trinajstić information content (AvgIpc) is 3.25. The molecule has 0 radical (unpaired) electrons. The van der Waals surface area contributed by atoms with Gasteiger partial charge in [-0.3, -0.25) is 9.69 Å². The monoisotopic (exact) mass is 465 g/mol. The fourth-order valence-electron chi connectivity index (χ4n) is 4.42. The first-order valence-electron chi connectivity index (χ1n) is 11.5. The van der Waals surface area contributed by atoms with Crippen LogP contribution in [0.25, 0.3) is 0 Å². The van der Waals surface area contributed by atoms with Gasteiger partial charge in [0.05, 0.1) is 18.6 Å². The molecule has 1 saturated heterocycles. The first kappa shape index (κ1) is 23.3. The highest BCUT2D eigenvalue weighted by Gasteiger charge is 2.32. The molecule has 1 aliphatic rings. The zero-order chi connectivity index (χ0) is 23.2. The Kier molecular flexibility index (Phi) is 7.68. The van der Waals surface area contributed by atoms with Crippen molar-refractivity contribution in [2.24, 2.45) is 5.92 Å². The predicted octanol–water partition coefficient (Wildman–Crippen LogP) is 5.92. The van der Waals surface area contributed by atoms with Crippen LogP contribution in [0.4, 0.5) is 0 Å². The first-order valence-corrected chi connectivity index (χ1v) is 12.3. The van der Waals surface area contributed by atoms with E-state index in [4.69, 9.17) is 9.47 Å². The molecule has 2 atom stereocenters. The van der Waals surface area contributed by atoms with E-state index in [1.54, 1.807) is 11.3 Å². The molecule has 2 aromatic carbocycles. The summed E-state index contributed by atoms with van der Waals surface area (Å²) in [6.07, 6.45) is 1.62. The van der Waals surface area contributed by atoms with Crippen LogP contribution in [-0.4, -0.2) is 35.7 Å². The molecule has 5 nitrogen and oxygen atoms in total. The van der Waals surface area contributed by atoms with Crippen molar-refractivity contribution >= 4 is 17.3 Å². The maximum absolute atomic E-state index is 11.7. The van der Waals surface area contributed by atoms with Gasteiger partial charge in [0.1, 0.15) is 6.61 Å². The van der Waals surface area contributed by atoms with E-state index < -0.39 is 5.97 Å². The molecule has 4 rings (SSSR count).